The van der Waals surface area contributed by atoms with Gasteiger partial charge in [0.1, 0.15) is 6.10 Å². The molecular formula is C6H11BrO3. The molecule has 0 N–H and O–H groups in total. The van der Waals surface area contributed by atoms with E-state index in [2.05, 4.69) is 15.9 Å². The van der Waals surface area contributed by atoms with Gasteiger partial charge in [-0.05, 0) is 0 Å². The maximum absolute atomic E-state index is 10.4. The number of rotatable bonds is 4. The maximum Gasteiger partial charge on any atom is 0.303 e. The SMILES string of the molecule is COC[C@@H](CBr)OC(C)=O. The summed E-state index contributed by atoms with van der Waals surface area (Å²) in [6.45, 7) is 1.82. The molecule has 0 aromatic carbocycles. The third-order valence-corrected chi connectivity index (χ3v) is 1.58. The minimum Gasteiger partial charge on any atom is -0.459 e. The molecule has 3 nitrogen and oxygen atoms in total. The van der Waals surface area contributed by atoms with Gasteiger partial charge < -0.3 is 9.47 Å². The summed E-state index contributed by atoms with van der Waals surface area (Å²) in [5.74, 6) is -0.276. The van der Waals surface area contributed by atoms with Crippen molar-refractivity contribution < 1.29 is 14.3 Å². The Labute approximate surface area is 68.8 Å². The van der Waals surface area contributed by atoms with E-state index in [4.69, 9.17) is 9.47 Å². The van der Waals surface area contributed by atoms with Crippen LogP contribution in [0.2, 0.25) is 0 Å². The lowest BCUT2D eigenvalue weighted by molar-refractivity contribution is -0.147. The van der Waals surface area contributed by atoms with Gasteiger partial charge in [-0.3, -0.25) is 4.79 Å². The number of carbonyl (C=O) groups is 1. The van der Waals surface area contributed by atoms with Crippen molar-refractivity contribution in [1.29, 1.82) is 0 Å². The van der Waals surface area contributed by atoms with E-state index in [0.717, 1.165) is 0 Å². The minimum absolute atomic E-state index is 0.164. The molecule has 10 heavy (non-hydrogen) atoms. The summed E-state index contributed by atoms with van der Waals surface area (Å²) in [7, 11) is 1.57. The van der Waals surface area contributed by atoms with Gasteiger partial charge in [-0.15, -0.1) is 0 Å². The van der Waals surface area contributed by atoms with Crippen molar-refractivity contribution in [2.75, 3.05) is 19.0 Å². The lowest BCUT2D eigenvalue weighted by Crippen LogP contribution is -2.22. The Morgan fingerprint density at radius 3 is 2.60 bits per heavy atom. The first-order chi connectivity index (χ1) is 4.70. The van der Waals surface area contributed by atoms with Gasteiger partial charge in [0.2, 0.25) is 0 Å². The summed E-state index contributed by atoms with van der Waals surface area (Å²) >= 11 is 3.19. The van der Waals surface area contributed by atoms with Crippen molar-refractivity contribution in [3.8, 4) is 0 Å². The van der Waals surface area contributed by atoms with E-state index in [0.29, 0.717) is 11.9 Å². The summed E-state index contributed by atoms with van der Waals surface area (Å²) < 4.78 is 9.62. The number of hydrogen-bond acceptors (Lipinski definition) is 3. The number of esters is 1. The molecule has 4 heteroatoms. The monoisotopic (exact) mass is 210 g/mol. The molecule has 1 atom stereocenters. The van der Waals surface area contributed by atoms with E-state index in [-0.39, 0.29) is 12.1 Å². The third-order valence-electron chi connectivity index (χ3n) is 0.857. The van der Waals surface area contributed by atoms with Crippen LogP contribution in [0.3, 0.4) is 0 Å². The van der Waals surface area contributed by atoms with Crippen molar-refractivity contribution in [3.63, 3.8) is 0 Å². The quantitative estimate of drug-likeness (QED) is 0.513. The Kier molecular flexibility index (Phi) is 5.63. The summed E-state index contributed by atoms with van der Waals surface area (Å²) in [5, 5.41) is 0.612. The molecule has 0 aliphatic heterocycles. The van der Waals surface area contributed by atoms with Gasteiger partial charge in [-0.2, -0.15) is 0 Å². The van der Waals surface area contributed by atoms with Crippen LogP contribution < -0.4 is 0 Å². The van der Waals surface area contributed by atoms with Crippen LogP contribution in [0.1, 0.15) is 6.92 Å². The molecule has 0 unspecified atom stereocenters. The summed E-state index contributed by atoms with van der Waals surface area (Å²) in [4.78, 5) is 10.4. The first kappa shape index (κ1) is 9.91. The molecule has 0 fully saturated rings. The van der Waals surface area contributed by atoms with Gasteiger partial charge in [0.15, 0.2) is 0 Å². The lowest BCUT2D eigenvalue weighted by atomic mass is 10.4. The molecule has 0 aromatic heterocycles. The van der Waals surface area contributed by atoms with Crippen LogP contribution in [0, 0.1) is 0 Å². The summed E-state index contributed by atoms with van der Waals surface area (Å²) in [6, 6.07) is 0. The van der Waals surface area contributed by atoms with Crippen molar-refractivity contribution in [3.05, 3.63) is 0 Å². The average molecular weight is 211 g/mol. The van der Waals surface area contributed by atoms with Crippen molar-refractivity contribution in [2.24, 2.45) is 0 Å². The predicted octanol–water partition coefficient (Wildman–Crippen LogP) is 0.959. The molecule has 0 spiro atoms. The zero-order valence-corrected chi connectivity index (χ0v) is 7.68. The molecule has 60 valence electrons. The van der Waals surface area contributed by atoms with E-state index in [1.807, 2.05) is 0 Å². The number of hydrogen-bond donors (Lipinski definition) is 0. The molecule has 0 saturated heterocycles. The largest absolute Gasteiger partial charge is 0.459 e. The minimum atomic E-state index is -0.276. The Hall–Kier alpha value is -0.0900. The number of methoxy groups -OCH3 is 1. The van der Waals surface area contributed by atoms with Gasteiger partial charge in [0.25, 0.3) is 0 Å². The van der Waals surface area contributed by atoms with Crippen LogP contribution >= 0.6 is 15.9 Å². The molecule has 0 radical (unpaired) electrons. The second-order valence-electron chi connectivity index (χ2n) is 1.84. The zero-order valence-electron chi connectivity index (χ0n) is 6.09. The molecule has 0 aliphatic rings. The Balaban J connectivity index is 3.49. The number of halogens is 1. The number of ether oxygens (including phenoxy) is 2. The zero-order chi connectivity index (χ0) is 7.98. The molecule has 0 amide bonds. The molecule has 0 bridgehead atoms. The van der Waals surface area contributed by atoms with Gasteiger partial charge >= 0.3 is 5.97 Å². The van der Waals surface area contributed by atoms with Gasteiger partial charge in [0.05, 0.1) is 6.61 Å². The van der Waals surface area contributed by atoms with E-state index in [1.165, 1.54) is 6.92 Å². The lowest BCUT2D eigenvalue weighted by Gasteiger charge is -2.11. The van der Waals surface area contributed by atoms with Crippen molar-refractivity contribution >= 4 is 21.9 Å². The van der Waals surface area contributed by atoms with Crippen molar-refractivity contribution in [2.45, 2.75) is 13.0 Å². The summed E-state index contributed by atoms with van der Waals surface area (Å²) in [6.07, 6.45) is -0.164. The number of alkyl halides is 1. The highest BCUT2D eigenvalue weighted by atomic mass is 79.9. The smallest absolute Gasteiger partial charge is 0.303 e. The normalized spacial score (nSPS) is 12.7. The van der Waals surface area contributed by atoms with E-state index < -0.39 is 0 Å². The van der Waals surface area contributed by atoms with Gasteiger partial charge in [-0.1, -0.05) is 15.9 Å². The van der Waals surface area contributed by atoms with Crippen LogP contribution in [0.5, 0.6) is 0 Å². The predicted molar refractivity (Wildman–Crippen MR) is 41.2 cm³/mol. The molecule has 0 aliphatic carbocycles. The van der Waals surface area contributed by atoms with Crippen LogP contribution in [-0.4, -0.2) is 31.1 Å². The highest BCUT2D eigenvalue weighted by molar-refractivity contribution is 9.09. The summed E-state index contributed by atoms with van der Waals surface area (Å²) in [5.41, 5.74) is 0. The van der Waals surface area contributed by atoms with Gasteiger partial charge in [0, 0.05) is 19.4 Å². The fraction of sp³-hybridized carbons (Fsp3) is 0.833. The van der Waals surface area contributed by atoms with Crippen LogP contribution in [0.15, 0.2) is 0 Å². The third kappa shape index (κ3) is 4.76. The maximum atomic E-state index is 10.4. The molecule has 0 heterocycles. The highest BCUT2D eigenvalue weighted by Crippen LogP contribution is 1.97. The molecule has 0 rings (SSSR count). The van der Waals surface area contributed by atoms with E-state index in [1.54, 1.807) is 7.11 Å². The van der Waals surface area contributed by atoms with Crippen LogP contribution in [0.4, 0.5) is 0 Å². The highest BCUT2D eigenvalue weighted by Gasteiger charge is 2.08. The Morgan fingerprint density at radius 1 is 1.70 bits per heavy atom. The van der Waals surface area contributed by atoms with Crippen molar-refractivity contribution in [1.82, 2.24) is 0 Å². The molecule has 0 aromatic rings. The topological polar surface area (TPSA) is 35.5 Å². The van der Waals surface area contributed by atoms with Crippen LogP contribution in [0.25, 0.3) is 0 Å². The molecular weight excluding hydrogens is 200 g/mol. The first-order valence-corrected chi connectivity index (χ1v) is 4.05. The standard InChI is InChI=1S/C6H11BrO3/c1-5(8)10-6(3-7)4-9-2/h6H,3-4H2,1-2H3/t6-/m1/s1. The fourth-order valence-electron chi connectivity index (χ4n) is 0.531. The van der Waals surface area contributed by atoms with E-state index >= 15 is 0 Å². The second kappa shape index (κ2) is 5.68. The van der Waals surface area contributed by atoms with Gasteiger partial charge in [-0.25, -0.2) is 0 Å². The Bertz CT molecular complexity index is 105. The van der Waals surface area contributed by atoms with E-state index in [9.17, 15) is 4.79 Å². The fourth-order valence-corrected chi connectivity index (χ4v) is 0.850. The number of carbonyl (C=O) groups excluding carboxylic acids is 1. The molecule has 0 saturated carbocycles. The average Bonchev–Trinajstić information content (AvgIpc) is 1.86. The van der Waals surface area contributed by atoms with Crippen LogP contribution in [-0.2, 0) is 14.3 Å². The first-order valence-electron chi connectivity index (χ1n) is 2.92. The Morgan fingerprint density at radius 2 is 2.30 bits per heavy atom. The second-order valence-corrected chi connectivity index (χ2v) is 2.49.